The summed E-state index contributed by atoms with van der Waals surface area (Å²) < 4.78 is 70.9. The molecule has 5 aromatic rings. The number of ether oxygens (including phenoxy) is 2. The zero-order chi connectivity index (χ0) is 32.5. The van der Waals surface area contributed by atoms with Gasteiger partial charge in [-0.3, -0.25) is 0 Å². The third-order valence-electron chi connectivity index (χ3n) is 7.98. The lowest BCUT2D eigenvalue weighted by Gasteiger charge is -2.19. The zero-order valence-corrected chi connectivity index (χ0v) is 26.2. The largest absolute Gasteiger partial charge is 0.494 e. The van der Waals surface area contributed by atoms with Crippen LogP contribution in [0.15, 0.2) is 109 Å². The van der Waals surface area contributed by atoms with Crippen LogP contribution in [-0.4, -0.2) is 6.61 Å². The third-order valence-corrected chi connectivity index (χ3v) is 7.98. The van der Waals surface area contributed by atoms with E-state index in [1.54, 1.807) is 30.3 Å². The number of rotatable bonds is 14. The van der Waals surface area contributed by atoms with Crippen LogP contribution in [0.25, 0.3) is 33.4 Å². The number of aryl methyl sites for hydroxylation is 1. The van der Waals surface area contributed by atoms with Crippen LogP contribution < -0.4 is 9.47 Å². The molecule has 5 aromatic carbocycles. The SMILES string of the molecule is CCCCCc1ccc(-c2ccc(-c3ccc(C(F)(F)Oc4ccc(-c5ccc(OCCCC)cc5)c(F)c4)cc3)c(F)c2)cc1. The first-order valence-electron chi connectivity index (χ1n) is 15.9. The topological polar surface area (TPSA) is 18.5 Å². The van der Waals surface area contributed by atoms with Crippen LogP contribution in [0, 0.1) is 11.6 Å². The van der Waals surface area contributed by atoms with E-state index in [1.807, 2.05) is 18.2 Å². The maximum atomic E-state index is 15.2. The molecule has 0 saturated carbocycles. The molecule has 0 amide bonds. The lowest BCUT2D eigenvalue weighted by Crippen LogP contribution is -2.21. The molecule has 0 saturated heterocycles. The highest BCUT2D eigenvalue weighted by Crippen LogP contribution is 2.36. The van der Waals surface area contributed by atoms with Crippen molar-refractivity contribution < 1.29 is 27.0 Å². The summed E-state index contributed by atoms with van der Waals surface area (Å²) >= 11 is 0. The molecule has 238 valence electrons. The van der Waals surface area contributed by atoms with Crippen molar-refractivity contribution in [3.63, 3.8) is 0 Å². The molecule has 0 aromatic heterocycles. The summed E-state index contributed by atoms with van der Waals surface area (Å²) in [7, 11) is 0. The molecular formula is C40H38F4O2. The minimum absolute atomic E-state index is 0.257. The van der Waals surface area contributed by atoms with Crippen molar-refractivity contribution in [1.29, 1.82) is 0 Å². The van der Waals surface area contributed by atoms with Gasteiger partial charge in [0.25, 0.3) is 0 Å². The second-order valence-electron chi connectivity index (χ2n) is 11.4. The molecular weight excluding hydrogens is 588 g/mol. The predicted octanol–water partition coefficient (Wildman–Crippen LogP) is 12.0. The molecule has 0 spiro atoms. The second-order valence-corrected chi connectivity index (χ2v) is 11.4. The van der Waals surface area contributed by atoms with E-state index in [4.69, 9.17) is 9.47 Å². The fourth-order valence-electron chi connectivity index (χ4n) is 5.28. The van der Waals surface area contributed by atoms with Crippen molar-refractivity contribution in [2.45, 2.75) is 58.5 Å². The monoisotopic (exact) mass is 626 g/mol. The van der Waals surface area contributed by atoms with Crippen molar-refractivity contribution in [3.8, 4) is 44.9 Å². The Labute approximate surface area is 268 Å². The highest BCUT2D eigenvalue weighted by molar-refractivity contribution is 5.71. The molecule has 0 unspecified atom stereocenters. The molecule has 0 aliphatic rings. The maximum Gasteiger partial charge on any atom is 0.426 e. The summed E-state index contributed by atoms with van der Waals surface area (Å²) in [5, 5.41) is 0. The van der Waals surface area contributed by atoms with Crippen LogP contribution in [0.1, 0.15) is 57.1 Å². The Balaban J connectivity index is 1.24. The van der Waals surface area contributed by atoms with E-state index in [1.165, 1.54) is 60.9 Å². The number of alkyl halides is 2. The molecule has 6 heteroatoms. The number of unbranched alkanes of at least 4 members (excludes halogenated alkanes) is 3. The third kappa shape index (κ3) is 8.16. The lowest BCUT2D eigenvalue weighted by molar-refractivity contribution is -0.185. The van der Waals surface area contributed by atoms with Gasteiger partial charge in [0.15, 0.2) is 0 Å². The summed E-state index contributed by atoms with van der Waals surface area (Å²) in [5.41, 5.74) is 4.07. The number of hydrogen-bond donors (Lipinski definition) is 0. The molecule has 0 fully saturated rings. The molecule has 0 atom stereocenters. The van der Waals surface area contributed by atoms with E-state index in [9.17, 15) is 4.39 Å². The fourth-order valence-corrected chi connectivity index (χ4v) is 5.28. The predicted molar refractivity (Wildman–Crippen MR) is 177 cm³/mol. The first-order valence-corrected chi connectivity index (χ1v) is 15.9. The van der Waals surface area contributed by atoms with Gasteiger partial charge in [0.1, 0.15) is 23.1 Å². The van der Waals surface area contributed by atoms with Gasteiger partial charge >= 0.3 is 6.11 Å². The van der Waals surface area contributed by atoms with Gasteiger partial charge in [0, 0.05) is 17.2 Å². The summed E-state index contributed by atoms with van der Waals surface area (Å²) in [6, 6.07) is 28.9. The summed E-state index contributed by atoms with van der Waals surface area (Å²) in [6.07, 6.45) is 2.75. The smallest absolute Gasteiger partial charge is 0.426 e. The normalized spacial score (nSPS) is 11.4. The van der Waals surface area contributed by atoms with Gasteiger partial charge in [-0.15, -0.1) is 0 Å². The van der Waals surface area contributed by atoms with Gasteiger partial charge in [-0.25, -0.2) is 8.78 Å². The van der Waals surface area contributed by atoms with Crippen LogP contribution in [-0.2, 0) is 12.5 Å². The van der Waals surface area contributed by atoms with Crippen molar-refractivity contribution in [1.82, 2.24) is 0 Å². The standard InChI is InChI=1S/C40H38F4O2/c1-3-5-7-8-28-9-11-29(12-10-28)32-17-23-36(38(41)26-32)30-13-18-33(19-14-30)40(43,44)46-35-22-24-37(39(42)27-35)31-15-20-34(21-16-31)45-25-6-4-2/h9-24,26-27H,3-8,25H2,1-2H3. The van der Waals surface area contributed by atoms with Gasteiger partial charge in [-0.2, -0.15) is 8.78 Å². The molecule has 0 radical (unpaired) electrons. The van der Waals surface area contributed by atoms with Gasteiger partial charge in [-0.1, -0.05) is 93.8 Å². The Morgan fingerprint density at radius 3 is 1.70 bits per heavy atom. The minimum Gasteiger partial charge on any atom is -0.494 e. The average molecular weight is 627 g/mol. The van der Waals surface area contributed by atoms with Crippen LogP contribution in [0.2, 0.25) is 0 Å². The van der Waals surface area contributed by atoms with E-state index in [0.29, 0.717) is 29.0 Å². The Kier molecular flexibility index (Phi) is 10.8. The second kappa shape index (κ2) is 15.1. The van der Waals surface area contributed by atoms with Gasteiger partial charge < -0.3 is 9.47 Å². The Hall–Kier alpha value is -4.58. The highest BCUT2D eigenvalue weighted by Gasteiger charge is 2.34. The number of benzene rings is 5. The highest BCUT2D eigenvalue weighted by atomic mass is 19.3. The van der Waals surface area contributed by atoms with Crippen molar-refractivity contribution in [3.05, 3.63) is 132 Å². The maximum absolute atomic E-state index is 15.2. The summed E-state index contributed by atoms with van der Waals surface area (Å²) in [6.45, 7) is 4.86. The van der Waals surface area contributed by atoms with Crippen LogP contribution in [0.3, 0.4) is 0 Å². The van der Waals surface area contributed by atoms with Gasteiger partial charge in [-0.05, 0) is 89.5 Å². The summed E-state index contributed by atoms with van der Waals surface area (Å²) in [5.74, 6) is -0.772. The summed E-state index contributed by atoms with van der Waals surface area (Å²) in [4.78, 5) is 0. The first-order chi connectivity index (χ1) is 22.3. The molecule has 2 nitrogen and oxygen atoms in total. The molecule has 46 heavy (non-hydrogen) atoms. The molecule has 0 bridgehead atoms. The molecule has 0 aliphatic heterocycles. The first kappa shape index (κ1) is 32.8. The number of halogens is 4. The lowest BCUT2D eigenvalue weighted by atomic mass is 9.97. The minimum atomic E-state index is -3.74. The quantitative estimate of drug-likeness (QED) is 0.0902. The van der Waals surface area contributed by atoms with Crippen LogP contribution >= 0.6 is 0 Å². The molecule has 0 aliphatic carbocycles. The average Bonchev–Trinajstić information content (AvgIpc) is 3.06. The van der Waals surface area contributed by atoms with Gasteiger partial charge in [0.05, 0.1) is 12.2 Å². The Morgan fingerprint density at radius 2 is 1.09 bits per heavy atom. The van der Waals surface area contributed by atoms with Crippen LogP contribution in [0.4, 0.5) is 17.6 Å². The van der Waals surface area contributed by atoms with E-state index in [2.05, 4.69) is 26.0 Å². The molecule has 0 heterocycles. The van der Waals surface area contributed by atoms with E-state index in [0.717, 1.165) is 42.9 Å². The fraction of sp³-hybridized carbons (Fsp3) is 0.250. The van der Waals surface area contributed by atoms with E-state index in [-0.39, 0.29) is 11.3 Å². The van der Waals surface area contributed by atoms with Crippen molar-refractivity contribution >= 4 is 0 Å². The number of hydrogen-bond acceptors (Lipinski definition) is 2. The molecule has 0 N–H and O–H groups in total. The van der Waals surface area contributed by atoms with Crippen molar-refractivity contribution in [2.75, 3.05) is 6.61 Å². The zero-order valence-electron chi connectivity index (χ0n) is 26.2. The van der Waals surface area contributed by atoms with Crippen LogP contribution in [0.5, 0.6) is 11.5 Å². The van der Waals surface area contributed by atoms with Crippen molar-refractivity contribution in [2.24, 2.45) is 0 Å². The Morgan fingerprint density at radius 1 is 0.543 bits per heavy atom. The van der Waals surface area contributed by atoms with E-state index < -0.39 is 23.3 Å². The van der Waals surface area contributed by atoms with Gasteiger partial charge in [0.2, 0.25) is 0 Å². The Bertz CT molecular complexity index is 1710. The van der Waals surface area contributed by atoms with E-state index >= 15 is 13.2 Å². The molecule has 5 rings (SSSR count).